The van der Waals surface area contributed by atoms with Gasteiger partial charge in [-0.15, -0.1) is 0 Å². The van der Waals surface area contributed by atoms with Crippen LogP contribution in [0.3, 0.4) is 0 Å². The van der Waals surface area contributed by atoms with E-state index in [4.69, 9.17) is 10.2 Å². The number of carbonyl (C=O) groups is 2. The topological polar surface area (TPSA) is 93.1 Å². The van der Waals surface area contributed by atoms with Crippen LogP contribution in [0.1, 0.15) is 0 Å². The van der Waals surface area contributed by atoms with Crippen LogP contribution in [0.2, 0.25) is 0 Å². The molecule has 6 nitrogen and oxygen atoms in total. The summed E-state index contributed by atoms with van der Waals surface area (Å²) in [6, 6.07) is 0. The van der Waals surface area contributed by atoms with E-state index in [2.05, 4.69) is 5.63 Å². The zero-order valence-electron chi connectivity index (χ0n) is 5.58. The summed E-state index contributed by atoms with van der Waals surface area (Å²) in [6.45, 7) is 0. The van der Waals surface area contributed by atoms with Gasteiger partial charge in [0.25, 0.3) is 0 Å². The van der Waals surface area contributed by atoms with Crippen LogP contribution in [0.4, 0.5) is 0 Å². The molecular weight excluding hydrogens is 562 g/mol. The molecule has 0 rings (SSSR count). The van der Waals surface area contributed by atoms with Crippen molar-refractivity contribution >= 4 is 62.3 Å². The first kappa shape index (κ1) is 12.6. The fourth-order valence-corrected chi connectivity index (χ4v) is 1.21. The molecule has 12 heavy (non-hydrogen) atoms. The van der Waals surface area contributed by atoms with Crippen molar-refractivity contribution in [1.29, 1.82) is 0 Å². The van der Waals surface area contributed by atoms with Crippen molar-refractivity contribution in [3.63, 3.8) is 0 Å². The predicted octanol–water partition coefficient (Wildman–Crippen LogP) is -3.04. The van der Waals surface area contributed by atoms with Crippen LogP contribution in [0.5, 0.6) is 0 Å². The molecule has 66 valence electrons. The van der Waals surface area contributed by atoms with E-state index < -0.39 is 24.1 Å². The molecule has 0 heterocycles. The maximum atomic E-state index is 10.6. The average Bonchev–Trinajstić information content (AvgIpc) is 2.12. The molecule has 0 saturated heterocycles. The van der Waals surface area contributed by atoms with E-state index in [1.54, 1.807) is 0 Å². The first-order valence-corrected chi connectivity index (χ1v) is 5.45. The van der Waals surface area contributed by atoms with Crippen molar-refractivity contribution in [2.75, 3.05) is 0 Å². The summed E-state index contributed by atoms with van der Waals surface area (Å²) in [7, 11) is 0. The van der Waals surface area contributed by atoms with Crippen LogP contribution in [-0.4, -0.2) is 84.7 Å². The van der Waals surface area contributed by atoms with E-state index in [0.717, 1.165) is 0 Å². The van der Waals surface area contributed by atoms with E-state index in [1.165, 1.54) is 0 Å². The van der Waals surface area contributed by atoms with Crippen molar-refractivity contribution < 1.29 is 25.4 Å². The van der Waals surface area contributed by atoms with Gasteiger partial charge in [0.2, 0.25) is 0 Å². The molecule has 0 saturated carbocycles. The quantitative estimate of drug-likeness (QED) is 0.354. The summed E-state index contributed by atoms with van der Waals surface area (Å²) < 4.78 is 8.38. The Morgan fingerprint density at radius 3 is 1.42 bits per heavy atom. The second kappa shape index (κ2) is 6.14. The van der Waals surface area contributed by atoms with Gasteiger partial charge in [0, 0.05) is 0 Å². The van der Waals surface area contributed by atoms with E-state index in [9.17, 15) is 9.59 Å². The Kier molecular flexibility index (Phi) is 6.46. The van der Waals surface area contributed by atoms with Gasteiger partial charge in [-0.1, -0.05) is 0 Å². The van der Waals surface area contributed by atoms with Gasteiger partial charge in [-0.25, -0.2) is 0 Å². The Labute approximate surface area is 99.2 Å². The summed E-state index contributed by atoms with van der Waals surface area (Å²) in [4.78, 5) is 21.1. The van der Waals surface area contributed by atoms with Crippen LogP contribution in [0.25, 0.3) is 0 Å². The van der Waals surface area contributed by atoms with Crippen molar-refractivity contribution in [2.24, 2.45) is 0 Å². The molecule has 0 fully saturated rings. The molecule has 0 aromatic heterocycles. The number of hydrogen-bond acceptors (Lipinski definition) is 6. The monoisotopic (exact) mass is 566 g/mol. The molecule has 0 aliphatic rings. The zero-order valence-corrected chi connectivity index (χ0v) is 12.5. The molecular formula is C4H4Bi2O6. The molecule has 2 N–H and O–H groups in total. The fraction of sp³-hybridized carbons (Fsp3) is 0.500. The third-order valence-electron chi connectivity index (χ3n) is 0.962. The minimum absolute atomic E-state index is 0.284. The maximum absolute atomic E-state index is 10.6. The Balaban J connectivity index is 4.18. The summed E-state index contributed by atoms with van der Waals surface area (Å²) in [5.74, 6) is -2.06. The summed E-state index contributed by atoms with van der Waals surface area (Å²) >= 11 is 0.569. The van der Waals surface area contributed by atoms with Gasteiger partial charge in [0.15, 0.2) is 0 Å². The predicted molar refractivity (Wildman–Crippen MR) is 35.7 cm³/mol. The van der Waals surface area contributed by atoms with Crippen molar-refractivity contribution in [2.45, 2.75) is 12.2 Å². The van der Waals surface area contributed by atoms with Gasteiger partial charge < -0.3 is 0 Å². The molecule has 0 bridgehead atoms. The van der Waals surface area contributed by atoms with E-state index >= 15 is 0 Å². The number of rotatable bonds is 3. The van der Waals surface area contributed by atoms with Crippen LogP contribution >= 0.6 is 0 Å². The molecule has 0 aromatic rings. The van der Waals surface area contributed by atoms with Crippen molar-refractivity contribution in [3.8, 4) is 0 Å². The SMILES string of the molecule is O=C([O][Bi])C(O)C(O)C(=O)[O][Bi]. The minimum atomic E-state index is -1.85. The van der Waals surface area contributed by atoms with Gasteiger partial charge in [-0.05, 0) is 0 Å². The summed E-state index contributed by atoms with van der Waals surface area (Å²) in [5, 5.41) is 17.8. The number of aliphatic hydroxyl groups is 2. The number of hydrogen-bond donors (Lipinski definition) is 2. The Morgan fingerprint density at radius 1 is 1.00 bits per heavy atom. The second-order valence-corrected chi connectivity index (χ2v) is 3.13. The molecule has 2 unspecified atom stereocenters. The van der Waals surface area contributed by atoms with Crippen LogP contribution in [0, 0.1) is 0 Å². The fourth-order valence-electron chi connectivity index (χ4n) is 0.366. The van der Waals surface area contributed by atoms with Gasteiger partial charge in [0.1, 0.15) is 0 Å². The first-order chi connectivity index (χ1) is 5.54. The average molecular weight is 566 g/mol. The Morgan fingerprint density at radius 2 is 1.25 bits per heavy atom. The van der Waals surface area contributed by atoms with E-state index in [-0.39, 0.29) is 50.3 Å². The second-order valence-electron chi connectivity index (χ2n) is 1.71. The molecule has 2 atom stereocenters. The number of aliphatic hydroxyl groups excluding tert-OH is 2. The van der Waals surface area contributed by atoms with Crippen molar-refractivity contribution in [1.82, 2.24) is 0 Å². The number of carbonyl (C=O) groups excluding carboxylic acids is 2. The van der Waals surface area contributed by atoms with E-state index in [1.807, 2.05) is 0 Å². The third kappa shape index (κ3) is 3.56. The van der Waals surface area contributed by atoms with Gasteiger partial charge in [0.05, 0.1) is 0 Å². The standard InChI is InChI=1S/C4H6O6.2Bi/c5-1(3(7)8)2(6)4(9)10;;/h1-2,5-6H,(H,7,8)(H,9,10);;/q;2*+1/p-2. The summed E-state index contributed by atoms with van der Waals surface area (Å²) in [6.07, 6.45) is -3.71. The van der Waals surface area contributed by atoms with Crippen LogP contribution in [-0.2, 0) is 15.2 Å². The van der Waals surface area contributed by atoms with Crippen LogP contribution in [0.15, 0.2) is 0 Å². The van der Waals surface area contributed by atoms with Gasteiger partial charge in [-0.3, -0.25) is 0 Å². The normalized spacial score (nSPS) is 14.7. The Bertz CT molecular complexity index is 162. The van der Waals surface area contributed by atoms with E-state index in [0.29, 0.717) is 0 Å². The summed E-state index contributed by atoms with van der Waals surface area (Å²) in [5.41, 5.74) is 0. The molecule has 8 heteroatoms. The van der Waals surface area contributed by atoms with Crippen molar-refractivity contribution in [3.05, 3.63) is 0 Å². The molecule has 0 aliphatic heterocycles. The third-order valence-corrected chi connectivity index (χ3v) is 2.36. The molecule has 0 spiro atoms. The van der Waals surface area contributed by atoms with Gasteiger partial charge >= 0.3 is 99.9 Å². The molecule has 0 amide bonds. The molecule has 4 radical (unpaired) electrons. The Hall–Kier alpha value is 0.626. The van der Waals surface area contributed by atoms with Gasteiger partial charge in [-0.2, -0.15) is 0 Å². The van der Waals surface area contributed by atoms with Crippen LogP contribution < -0.4 is 0 Å². The first-order valence-electron chi connectivity index (χ1n) is 2.61. The molecule has 0 aliphatic carbocycles. The zero-order chi connectivity index (χ0) is 9.72. The molecule has 0 aromatic carbocycles.